The van der Waals surface area contributed by atoms with Gasteiger partial charge in [-0.25, -0.2) is 4.90 Å². The number of hydrogen-bond acceptors (Lipinski definition) is 2. The molecular weight excluding hydrogens is 274 g/mol. The third kappa shape index (κ3) is 1.88. The SMILES string of the molecule is Cc1ccc(N2C(=O)[C@@H]3[C@H](C)C=CC[C@@H]3C2=O)cc1Cl. The molecule has 1 heterocycles. The number of hydrogen-bond donors (Lipinski definition) is 0. The Morgan fingerprint density at radius 1 is 1.25 bits per heavy atom. The summed E-state index contributed by atoms with van der Waals surface area (Å²) in [5, 5.41) is 0.573. The summed E-state index contributed by atoms with van der Waals surface area (Å²) in [5.74, 6) is -0.542. The largest absolute Gasteiger partial charge is 0.274 e. The molecule has 0 unspecified atom stereocenters. The van der Waals surface area contributed by atoms with Crippen molar-refractivity contribution < 1.29 is 9.59 Å². The van der Waals surface area contributed by atoms with Gasteiger partial charge in [-0.2, -0.15) is 0 Å². The van der Waals surface area contributed by atoms with Crippen molar-refractivity contribution in [2.75, 3.05) is 4.90 Å². The fourth-order valence-corrected chi connectivity index (χ4v) is 3.30. The summed E-state index contributed by atoms with van der Waals surface area (Å²) in [6, 6.07) is 5.32. The van der Waals surface area contributed by atoms with E-state index in [1.54, 1.807) is 12.1 Å². The van der Waals surface area contributed by atoms with E-state index < -0.39 is 0 Å². The Hall–Kier alpha value is -1.61. The van der Waals surface area contributed by atoms with Crippen molar-refractivity contribution in [3.05, 3.63) is 40.9 Å². The van der Waals surface area contributed by atoms with Crippen LogP contribution in [0.4, 0.5) is 5.69 Å². The topological polar surface area (TPSA) is 37.4 Å². The van der Waals surface area contributed by atoms with Crippen LogP contribution in [0.25, 0.3) is 0 Å². The number of fused-ring (bicyclic) bond motifs is 1. The summed E-state index contributed by atoms with van der Waals surface area (Å²) < 4.78 is 0. The van der Waals surface area contributed by atoms with Crippen molar-refractivity contribution in [3.63, 3.8) is 0 Å². The van der Waals surface area contributed by atoms with Crippen molar-refractivity contribution in [2.24, 2.45) is 17.8 Å². The van der Waals surface area contributed by atoms with Crippen LogP contribution in [-0.4, -0.2) is 11.8 Å². The molecule has 1 aliphatic heterocycles. The van der Waals surface area contributed by atoms with E-state index in [0.29, 0.717) is 17.1 Å². The van der Waals surface area contributed by atoms with Crippen LogP contribution < -0.4 is 4.90 Å². The Bertz CT molecular complexity index is 623. The van der Waals surface area contributed by atoms with E-state index in [4.69, 9.17) is 11.6 Å². The number of amides is 2. The molecule has 1 aromatic rings. The zero-order valence-electron chi connectivity index (χ0n) is 11.5. The van der Waals surface area contributed by atoms with Crippen molar-refractivity contribution in [1.82, 2.24) is 0 Å². The molecule has 0 radical (unpaired) electrons. The van der Waals surface area contributed by atoms with Gasteiger partial charge in [0.25, 0.3) is 0 Å². The maximum absolute atomic E-state index is 12.6. The van der Waals surface area contributed by atoms with E-state index in [1.165, 1.54) is 4.90 Å². The molecule has 1 fully saturated rings. The Morgan fingerprint density at radius 2 is 2.00 bits per heavy atom. The smallest absolute Gasteiger partial charge is 0.238 e. The number of rotatable bonds is 1. The first-order valence-corrected chi connectivity index (χ1v) is 7.19. The van der Waals surface area contributed by atoms with Crippen LogP contribution in [0.15, 0.2) is 30.4 Å². The van der Waals surface area contributed by atoms with Crippen molar-refractivity contribution in [1.29, 1.82) is 0 Å². The highest BCUT2D eigenvalue weighted by molar-refractivity contribution is 6.32. The lowest BCUT2D eigenvalue weighted by Gasteiger charge is -2.22. The average molecular weight is 290 g/mol. The molecule has 1 saturated heterocycles. The number of anilines is 1. The first-order chi connectivity index (χ1) is 9.50. The van der Waals surface area contributed by atoms with E-state index in [2.05, 4.69) is 0 Å². The normalized spacial score (nSPS) is 28.9. The summed E-state index contributed by atoms with van der Waals surface area (Å²) in [5.41, 5.74) is 1.51. The minimum atomic E-state index is -0.229. The van der Waals surface area contributed by atoms with Gasteiger partial charge in [0.1, 0.15) is 0 Å². The molecule has 3 rings (SSSR count). The second-order valence-electron chi connectivity index (χ2n) is 5.60. The van der Waals surface area contributed by atoms with Crippen LogP contribution in [0, 0.1) is 24.7 Å². The quantitative estimate of drug-likeness (QED) is 0.587. The van der Waals surface area contributed by atoms with Gasteiger partial charge in [0.05, 0.1) is 17.5 Å². The molecule has 2 aliphatic rings. The molecule has 0 N–H and O–H groups in total. The summed E-state index contributed by atoms with van der Waals surface area (Å²) in [4.78, 5) is 26.4. The second kappa shape index (κ2) is 4.74. The number of benzene rings is 1. The molecular formula is C16H16ClNO2. The summed E-state index contributed by atoms with van der Waals surface area (Å²) in [6.45, 7) is 3.88. The van der Waals surface area contributed by atoms with Crippen LogP contribution in [0.5, 0.6) is 0 Å². The molecule has 4 heteroatoms. The fraction of sp³-hybridized carbons (Fsp3) is 0.375. The van der Waals surface area contributed by atoms with Gasteiger partial charge in [-0.05, 0) is 37.0 Å². The highest BCUT2D eigenvalue weighted by atomic mass is 35.5. The number of carbonyl (C=O) groups excluding carboxylic acids is 2. The molecule has 0 saturated carbocycles. The van der Waals surface area contributed by atoms with Gasteiger partial charge < -0.3 is 0 Å². The summed E-state index contributed by atoms with van der Waals surface area (Å²) in [7, 11) is 0. The van der Waals surface area contributed by atoms with Gasteiger partial charge in [-0.15, -0.1) is 0 Å². The Morgan fingerprint density at radius 3 is 2.65 bits per heavy atom. The maximum Gasteiger partial charge on any atom is 0.238 e. The van der Waals surface area contributed by atoms with Crippen LogP contribution in [0.2, 0.25) is 5.02 Å². The van der Waals surface area contributed by atoms with Crippen molar-refractivity contribution in [3.8, 4) is 0 Å². The molecule has 0 aromatic heterocycles. The number of aryl methyl sites for hydroxylation is 1. The third-order valence-electron chi connectivity index (χ3n) is 4.29. The van der Waals surface area contributed by atoms with Crippen molar-refractivity contribution in [2.45, 2.75) is 20.3 Å². The zero-order chi connectivity index (χ0) is 14.4. The number of carbonyl (C=O) groups is 2. The highest BCUT2D eigenvalue weighted by Crippen LogP contribution is 2.40. The first-order valence-electron chi connectivity index (χ1n) is 6.81. The number of allylic oxidation sites excluding steroid dienone is 2. The molecule has 20 heavy (non-hydrogen) atoms. The van der Waals surface area contributed by atoms with Gasteiger partial charge in [0.15, 0.2) is 0 Å². The first kappa shape index (κ1) is 13.4. The van der Waals surface area contributed by atoms with Gasteiger partial charge in [-0.3, -0.25) is 9.59 Å². The molecule has 1 aromatic carbocycles. The van der Waals surface area contributed by atoms with Crippen LogP contribution in [-0.2, 0) is 9.59 Å². The molecule has 3 atom stereocenters. The Balaban J connectivity index is 2.01. The zero-order valence-corrected chi connectivity index (χ0v) is 12.2. The lowest BCUT2D eigenvalue weighted by Crippen LogP contribution is -2.31. The summed E-state index contributed by atoms with van der Waals surface area (Å²) in [6.07, 6.45) is 4.68. The maximum atomic E-state index is 12.6. The molecule has 0 spiro atoms. The predicted octanol–water partition coefficient (Wildman–Crippen LogP) is 3.35. The summed E-state index contributed by atoms with van der Waals surface area (Å²) >= 11 is 6.11. The predicted molar refractivity (Wildman–Crippen MR) is 78.6 cm³/mol. The average Bonchev–Trinajstić information content (AvgIpc) is 2.67. The van der Waals surface area contributed by atoms with Crippen LogP contribution >= 0.6 is 11.6 Å². The number of imide groups is 1. The molecule has 0 bridgehead atoms. The fourth-order valence-electron chi connectivity index (χ4n) is 3.12. The lowest BCUT2D eigenvalue weighted by molar-refractivity contribution is -0.122. The monoisotopic (exact) mass is 289 g/mol. The minimum absolute atomic E-state index is 0.100. The molecule has 1 aliphatic carbocycles. The van der Waals surface area contributed by atoms with Crippen LogP contribution in [0.1, 0.15) is 18.9 Å². The standard InChI is InChI=1S/C16H16ClNO2/c1-9-6-7-11(8-13(9)17)18-15(19)12-5-3-4-10(2)14(12)16(18)20/h3-4,6-8,10,12,14H,5H2,1-2H3/t10-,12+,14-/m1/s1. The van der Waals surface area contributed by atoms with E-state index >= 15 is 0 Å². The molecule has 104 valence electrons. The molecule has 2 amide bonds. The Labute approximate surface area is 123 Å². The van der Waals surface area contributed by atoms with E-state index in [9.17, 15) is 9.59 Å². The lowest BCUT2D eigenvalue weighted by atomic mass is 9.78. The van der Waals surface area contributed by atoms with Gasteiger partial charge in [0.2, 0.25) is 11.8 Å². The number of halogens is 1. The van der Waals surface area contributed by atoms with Crippen molar-refractivity contribution >= 4 is 29.1 Å². The Kier molecular flexibility index (Phi) is 3.17. The minimum Gasteiger partial charge on any atom is -0.274 e. The second-order valence-corrected chi connectivity index (χ2v) is 6.01. The van der Waals surface area contributed by atoms with Gasteiger partial charge in [0, 0.05) is 5.02 Å². The van der Waals surface area contributed by atoms with E-state index in [-0.39, 0.29) is 29.6 Å². The number of nitrogens with zero attached hydrogens (tertiary/aromatic N) is 1. The van der Waals surface area contributed by atoms with Crippen LogP contribution in [0.3, 0.4) is 0 Å². The van der Waals surface area contributed by atoms with Gasteiger partial charge in [-0.1, -0.05) is 36.7 Å². The highest BCUT2D eigenvalue weighted by Gasteiger charge is 2.50. The van der Waals surface area contributed by atoms with E-state index in [0.717, 1.165) is 5.56 Å². The third-order valence-corrected chi connectivity index (χ3v) is 4.69. The molecule has 3 nitrogen and oxygen atoms in total. The van der Waals surface area contributed by atoms with Gasteiger partial charge >= 0.3 is 0 Å². The van der Waals surface area contributed by atoms with E-state index in [1.807, 2.05) is 32.1 Å².